The monoisotopic (exact) mass is 982 g/mol. The van der Waals surface area contributed by atoms with Crippen LogP contribution in [0.3, 0.4) is 0 Å². The topological polar surface area (TPSA) is 72.9 Å². The van der Waals surface area contributed by atoms with Crippen molar-refractivity contribution in [3.05, 3.63) is 289 Å². The SMILES string of the molecule is C1=Cc2nc1c(-c1ccc(C[n+]3ccccc3)cc1)c1ccc([nH]1)c(-c1ccc(C[n+]3ccccc3)cc1)c1nc(c(-c3ccc(C[n+]4ccccc4)cc3)c3ccc([nH]3)c2-c2ccc(C[n+]3ccccc3)cc2)C=C1. The molecule has 362 valence electrons. The number of benzene rings is 4. The smallest absolute Gasteiger partial charge is 0.173 e. The van der Waals surface area contributed by atoms with Crippen molar-refractivity contribution < 1.29 is 18.3 Å². The molecule has 2 aliphatic rings. The van der Waals surface area contributed by atoms with Gasteiger partial charge in [-0.2, -0.15) is 0 Å². The number of aromatic amines is 2. The predicted molar refractivity (Wildman–Crippen MR) is 304 cm³/mol. The molecule has 0 spiro atoms. The summed E-state index contributed by atoms with van der Waals surface area (Å²) in [4.78, 5) is 19.1. The highest BCUT2D eigenvalue weighted by Gasteiger charge is 2.20. The molecule has 0 atom stereocenters. The average Bonchev–Trinajstić information content (AvgIpc) is 4.34. The molecule has 2 aliphatic heterocycles. The Morgan fingerprint density at radius 3 is 0.671 bits per heavy atom. The fraction of sp³-hybridized carbons (Fsp3) is 0.0588. The van der Waals surface area contributed by atoms with Crippen molar-refractivity contribution in [1.29, 1.82) is 0 Å². The Hall–Kier alpha value is -9.92. The number of nitrogens with one attached hydrogen (secondary N) is 2. The number of hydrogen-bond acceptors (Lipinski definition) is 2. The maximum Gasteiger partial charge on any atom is 0.173 e. The lowest BCUT2D eigenvalue weighted by Crippen LogP contribution is -2.32. The lowest BCUT2D eigenvalue weighted by atomic mass is 10.0. The molecule has 11 aromatic rings. The Balaban J connectivity index is 1.04. The van der Waals surface area contributed by atoms with Crippen molar-refractivity contribution in [2.45, 2.75) is 26.2 Å². The Morgan fingerprint density at radius 2 is 0.461 bits per heavy atom. The first-order valence-corrected chi connectivity index (χ1v) is 25.9. The summed E-state index contributed by atoms with van der Waals surface area (Å²) in [6.07, 6.45) is 25.5. The molecule has 13 rings (SSSR count). The first kappa shape index (κ1) is 45.9. The van der Waals surface area contributed by atoms with Crippen LogP contribution in [-0.2, 0) is 26.2 Å². The van der Waals surface area contributed by atoms with Gasteiger partial charge in [0.25, 0.3) is 0 Å². The summed E-state index contributed by atoms with van der Waals surface area (Å²) < 4.78 is 8.79. The van der Waals surface area contributed by atoms with Crippen LogP contribution in [-0.4, -0.2) is 19.9 Å². The Bertz CT molecular complexity index is 3560. The summed E-state index contributed by atoms with van der Waals surface area (Å²) in [7, 11) is 0. The molecule has 8 nitrogen and oxygen atoms in total. The second-order valence-electron chi connectivity index (χ2n) is 19.5. The van der Waals surface area contributed by atoms with E-state index in [2.05, 4.69) is 272 Å². The number of fused-ring (bicyclic) bond motifs is 8. The van der Waals surface area contributed by atoms with E-state index in [4.69, 9.17) is 9.97 Å². The molecule has 0 aliphatic carbocycles. The molecular formula is C68H54N8+4. The molecule has 9 heterocycles. The van der Waals surface area contributed by atoms with Crippen LogP contribution in [0.5, 0.6) is 0 Å². The molecule has 0 saturated heterocycles. The molecule has 4 aromatic carbocycles. The first-order valence-electron chi connectivity index (χ1n) is 25.9. The lowest BCUT2D eigenvalue weighted by molar-refractivity contribution is -0.688. The number of nitrogens with zero attached hydrogens (tertiary/aromatic N) is 6. The number of rotatable bonds is 12. The third kappa shape index (κ3) is 9.71. The minimum atomic E-state index is 0.773. The van der Waals surface area contributed by atoms with Crippen molar-refractivity contribution in [2.75, 3.05) is 0 Å². The van der Waals surface area contributed by atoms with Gasteiger partial charge in [-0.05, 0) is 70.8 Å². The van der Waals surface area contributed by atoms with Crippen LogP contribution in [0.15, 0.2) is 244 Å². The fourth-order valence-electron chi connectivity index (χ4n) is 10.5. The van der Waals surface area contributed by atoms with E-state index in [1.807, 2.05) is 24.3 Å². The third-order valence-electron chi connectivity index (χ3n) is 14.3. The second-order valence-corrected chi connectivity index (χ2v) is 19.5. The molecule has 0 saturated carbocycles. The molecule has 8 heteroatoms. The van der Waals surface area contributed by atoms with Gasteiger partial charge in [0.1, 0.15) is 0 Å². The zero-order valence-corrected chi connectivity index (χ0v) is 41.9. The molecule has 0 unspecified atom stereocenters. The van der Waals surface area contributed by atoms with Gasteiger partial charge in [-0.1, -0.05) is 121 Å². The maximum absolute atomic E-state index is 5.60. The Kier molecular flexibility index (Phi) is 12.4. The molecule has 7 aromatic heterocycles. The normalized spacial score (nSPS) is 11.8. The molecule has 0 fully saturated rings. The van der Waals surface area contributed by atoms with E-state index in [9.17, 15) is 0 Å². The molecule has 76 heavy (non-hydrogen) atoms. The van der Waals surface area contributed by atoms with Gasteiger partial charge < -0.3 is 9.97 Å². The van der Waals surface area contributed by atoms with E-state index in [1.165, 1.54) is 22.3 Å². The highest BCUT2D eigenvalue weighted by atomic mass is 14.9. The minimum absolute atomic E-state index is 0.773. The first-order chi connectivity index (χ1) is 37.6. The summed E-state index contributed by atoms with van der Waals surface area (Å²) in [6.45, 7) is 3.09. The van der Waals surface area contributed by atoms with Crippen LogP contribution in [0.2, 0.25) is 0 Å². The highest BCUT2D eigenvalue weighted by Crippen LogP contribution is 2.39. The summed E-state index contributed by atoms with van der Waals surface area (Å²) in [5.41, 5.74) is 20.5. The van der Waals surface area contributed by atoms with Crippen molar-refractivity contribution in [3.8, 4) is 44.5 Å². The van der Waals surface area contributed by atoms with Gasteiger partial charge in [-0.25, -0.2) is 28.2 Å². The van der Waals surface area contributed by atoms with E-state index >= 15 is 0 Å². The number of aromatic nitrogens is 8. The van der Waals surface area contributed by atoms with Gasteiger partial charge in [-0.15, -0.1) is 0 Å². The van der Waals surface area contributed by atoms with E-state index < -0.39 is 0 Å². The largest absolute Gasteiger partial charge is 0.354 e. The molecule has 8 bridgehead atoms. The summed E-state index contributed by atoms with van der Waals surface area (Å²) in [5.74, 6) is 0. The van der Waals surface area contributed by atoms with Crippen LogP contribution in [0.25, 0.3) is 90.9 Å². The molecule has 2 N–H and O–H groups in total. The maximum atomic E-state index is 5.60. The van der Waals surface area contributed by atoms with E-state index in [0.717, 1.165) is 116 Å². The van der Waals surface area contributed by atoms with Crippen molar-refractivity contribution in [1.82, 2.24) is 19.9 Å². The Labute approximate surface area is 441 Å². The number of H-pyrrole nitrogens is 2. The third-order valence-corrected chi connectivity index (χ3v) is 14.3. The lowest BCUT2D eigenvalue weighted by Gasteiger charge is -2.08. The van der Waals surface area contributed by atoms with Crippen LogP contribution >= 0.6 is 0 Å². The van der Waals surface area contributed by atoms with Crippen molar-refractivity contribution in [3.63, 3.8) is 0 Å². The number of hydrogen-bond donors (Lipinski definition) is 2. The van der Waals surface area contributed by atoms with Gasteiger partial charge in [0.05, 0.1) is 22.8 Å². The van der Waals surface area contributed by atoms with Crippen molar-refractivity contribution in [2.24, 2.45) is 0 Å². The van der Waals surface area contributed by atoms with Crippen LogP contribution in [0, 0.1) is 0 Å². The summed E-state index contributed by atoms with van der Waals surface area (Å²) >= 11 is 0. The van der Waals surface area contributed by atoms with Crippen LogP contribution in [0.1, 0.15) is 45.0 Å². The zero-order valence-electron chi connectivity index (χ0n) is 41.9. The summed E-state index contributed by atoms with van der Waals surface area (Å²) in [6, 6.07) is 69.3. The molecular weight excluding hydrogens is 929 g/mol. The predicted octanol–water partition coefficient (Wildman–Crippen LogP) is 12.7. The van der Waals surface area contributed by atoms with E-state index in [-0.39, 0.29) is 0 Å². The van der Waals surface area contributed by atoms with Crippen LogP contribution in [0.4, 0.5) is 0 Å². The van der Waals surface area contributed by atoms with Gasteiger partial charge in [0.15, 0.2) is 75.8 Å². The van der Waals surface area contributed by atoms with Gasteiger partial charge in [-0.3, -0.25) is 0 Å². The average molecular weight is 983 g/mol. The standard InChI is InChI=1S/C68H54N8/c1-5-37-73(38-6-1)45-49-13-21-53(22-14-49)65-57-29-31-59(69-57)66(54-23-15-50(16-24-54)46-74-39-7-2-8-40-74)61-33-35-63(71-61)68(56-27-19-52(20-28-56)48-76-43-11-4-12-44-76)64-36-34-62(72-64)67(60-32-30-58(65)70-60)55-25-17-51(18-26-55)47-75-41-9-3-10-42-75/h1-44,69,72H,45-48H2/q+4. The fourth-order valence-corrected chi connectivity index (χ4v) is 10.5. The minimum Gasteiger partial charge on any atom is -0.354 e. The highest BCUT2D eigenvalue weighted by molar-refractivity contribution is 5.99. The van der Waals surface area contributed by atoms with Gasteiger partial charge in [0, 0.05) is 115 Å². The number of pyridine rings is 4. The van der Waals surface area contributed by atoms with Crippen molar-refractivity contribution >= 4 is 46.4 Å². The van der Waals surface area contributed by atoms with E-state index in [1.54, 1.807) is 0 Å². The van der Waals surface area contributed by atoms with Gasteiger partial charge in [0.2, 0.25) is 0 Å². The second kappa shape index (κ2) is 20.5. The zero-order chi connectivity index (χ0) is 50.6. The molecule has 0 amide bonds. The quantitative estimate of drug-likeness (QED) is 0.120. The van der Waals surface area contributed by atoms with E-state index in [0.29, 0.717) is 0 Å². The summed E-state index contributed by atoms with van der Waals surface area (Å²) in [5, 5.41) is 0. The van der Waals surface area contributed by atoms with Gasteiger partial charge >= 0.3 is 0 Å². The van der Waals surface area contributed by atoms with Crippen LogP contribution < -0.4 is 18.3 Å². The Morgan fingerprint density at radius 1 is 0.250 bits per heavy atom. The molecule has 0 radical (unpaired) electrons.